The Morgan fingerprint density at radius 3 is 2.70 bits per heavy atom. The summed E-state index contributed by atoms with van der Waals surface area (Å²) >= 11 is 0. The van der Waals surface area contributed by atoms with E-state index in [0.717, 1.165) is 40.8 Å². The van der Waals surface area contributed by atoms with Crippen LogP contribution in [0.1, 0.15) is 44.9 Å². The van der Waals surface area contributed by atoms with Crippen LogP contribution >= 0.6 is 0 Å². The highest BCUT2D eigenvalue weighted by atomic mass is 16.5. The van der Waals surface area contributed by atoms with Gasteiger partial charge in [-0.15, -0.1) is 0 Å². The molecule has 0 aliphatic rings. The largest absolute Gasteiger partial charge is 0.491 e. The third kappa shape index (κ3) is 3.16. The number of ether oxygens (including phenoxy) is 1. The Balaban J connectivity index is 2.52. The van der Waals surface area contributed by atoms with Gasteiger partial charge in [-0.25, -0.2) is 0 Å². The third-order valence-electron chi connectivity index (χ3n) is 3.11. The molecule has 2 aromatic rings. The Morgan fingerprint density at radius 1 is 1.30 bits per heavy atom. The molecule has 0 fully saturated rings. The molecule has 0 amide bonds. The molecule has 0 aliphatic heterocycles. The number of hydrogen-bond donors (Lipinski definition) is 1. The van der Waals surface area contributed by atoms with Crippen LogP contribution in [-0.2, 0) is 0 Å². The molecule has 0 aliphatic carbocycles. The van der Waals surface area contributed by atoms with E-state index >= 15 is 0 Å². The van der Waals surface area contributed by atoms with Crippen LogP contribution in [0.2, 0.25) is 0 Å². The Bertz CT molecular complexity index is 632. The molecule has 0 bridgehead atoms. The number of rotatable bonds is 5. The molecule has 0 radical (unpaired) electrons. The summed E-state index contributed by atoms with van der Waals surface area (Å²) in [6.07, 6.45) is 1.93. The zero-order valence-corrected chi connectivity index (χ0v) is 12.7. The van der Waals surface area contributed by atoms with Crippen molar-refractivity contribution >= 4 is 16.6 Å². The number of aryl methyl sites for hydroxylation is 1. The summed E-state index contributed by atoms with van der Waals surface area (Å²) in [6.45, 7) is 8.09. The maximum absolute atomic E-state index is 8.22. The van der Waals surface area contributed by atoms with Crippen LogP contribution in [0.25, 0.3) is 10.9 Å². The van der Waals surface area contributed by atoms with Gasteiger partial charge < -0.3 is 10.1 Å². The van der Waals surface area contributed by atoms with Gasteiger partial charge in [0.15, 0.2) is 0 Å². The first-order valence-electron chi connectivity index (χ1n) is 7.17. The predicted molar refractivity (Wildman–Crippen MR) is 84.0 cm³/mol. The van der Waals surface area contributed by atoms with Crippen molar-refractivity contribution in [2.24, 2.45) is 0 Å². The molecule has 1 aromatic carbocycles. The average Bonchev–Trinajstić information content (AvgIpc) is 2.36. The van der Waals surface area contributed by atoms with Crippen molar-refractivity contribution in [3.05, 3.63) is 35.5 Å². The molecular formula is C17H22N2O. The highest BCUT2D eigenvalue weighted by molar-refractivity contribution is 6.08. The zero-order valence-electron chi connectivity index (χ0n) is 12.7. The smallest absolute Gasteiger partial charge is 0.121 e. The van der Waals surface area contributed by atoms with Gasteiger partial charge in [-0.3, -0.25) is 4.98 Å². The Kier molecular flexibility index (Phi) is 4.38. The summed E-state index contributed by atoms with van der Waals surface area (Å²) < 4.78 is 5.72. The highest BCUT2D eigenvalue weighted by Crippen LogP contribution is 2.25. The van der Waals surface area contributed by atoms with E-state index in [1.165, 1.54) is 0 Å². The molecule has 0 saturated carbocycles. The topological polar surface area (TPSA) is 46.0 Å². The molecular weight excluding hydrogens is 248 g/mol. The fraction of sp³-hybridized carbons (Fsp3) is 0.412. The second kappa shape index (κ2) is 6.04. The van der Waals surface area contributed by atoms with Gasteiger partial charge in [-0.2, -0.15) is 0 Å². The van der Waals surface area contributed by atoms with Crippen molar-refractivity contribution < 1.29 is 4.74 Å². The summed E-state index contributed by atoms with van der Waals surface area (Å²) in [5.41, 5.74) is 3.51. The Labute approximate surface area is 120 Å². The minimum absolute atomic E-state index is 0.148. The summed E-state index contributed by atoms with van der Waals surface area (Å²) in [4.78, 5) is 4.57. The fourth-order valence-corrected chi connectivity index (χ4v) is 2.32. The molecule has 0 saturated heterocycles. The first kappa shape index (κ1) is 14.5. The Hall–Kier alpha value is -1.90. The van der Waals surface area contributed by atoms with E-state index < -0.39 is 0 Å². The third-order valence-corrected chi connectivity index (χ3v) is 3.11. The summed E-state index contributed by atoms with van der Waals surface area (Å²) in [5, 5.41) is 9.25. The first-order chi connectivity index (χ1) is 9.51. The maximum atomic E-state index is 8.22. The minimum atomic E-state index is 0.148. The molecule has 1 aromatic heterocycles. The predicted octanol–water partition coefficient (Wildman–Crippen LogP) is 4.50. The summed E-state index contributed by atoms with van der Waals surface area (Å²) in [7, 11) is 0. The van der Waals surface area contributed by atoms with Gasteiger partial charge in [0.2, 0.25) is 0 Å². The van der Waals surface area contributed by atoms with Gasteiger partial charge in [0.25, 0.3) is 0 Å². The van der Waals surface area contributed by atoms with Gasteiger partial charge >= 0.3 is 0 Å². The van der Waals surface area contributed by atoms with Crippen LogP contribution in [0, 0.1) is 12.3 Å². The van der Waals surface area contributed by atoms with Crippen molar-refractivity contribution in [2.75, 3.05) is 0 Å². The van der Waals surface area contributed by atoms with Gasteiger partial charge in [0, 0.05) is 28.4 Å². The number of fused-ring (bicyclic) bond motifs is 1. The number of benzene rings is 1. The van der Waals surface area contributed by atoms with Gasteiger partial charge in [-0.05, 0) is 45.4 Å². The monoisotopic (exact) mass is 270 g/mol. The van der Waals surface area contributed by atoms with Crippen LogP contribution in [-0.4, -0.2) is 16.8 Å². The highest BCUT2D eigenvalue weighted by Gasteiger charge is 2.10. The van der Waals surface area contributed by atoms with Crippen molar-refractivity contribution in [1.82, 2.24) is 4.98 Å². The van der Waals surface area contributed by atoms with E-state index in [4.69, 9.17) is 10.1 Å². The van der Waals surface area contributed by atoms with Crippen LogP contribution in [0.3, 0.4) is 0 Å². The molecule has 1 heterocycles. The molecule has 20 heavy (non-hydrogen) atoms. The molecule has 1 N–H and O–H groups in total. The van der Waals surface area contributed by atoms with E-state index in [1.54, 1.807) is 0 Å². The lowest BCUT2D eigenvalue weighted by Gasteiger charge is -2.12. The standard InChI is InChI=1S/C17H22N2O/c1-5-6-16(18)15-9-12(4)19-17-10-13(20-11(2)3)7-8-14(15)17/h7-11,18H,5-6H2,1-4H3. The second-order valence-electron chi connectivity index (χ2n) is 5.39. The van der Waals surface area contributed by atoms with Crippen molar-refractivity contribution in [2.45, 2.75) is 46.6 Å². The molecule has 3 nitrogen and oxygen atoms in total. The fourth-order valence-electron chi connectivity index (χ4n) is 2.32. The van der Waals surface area contributed by atoms with Crippen molar-refractivity contribution in [1.29, 1.82) is 5.41 Å². The minimum Gasteiger partial charge on any atom is -0.491 e. The Morgan fingerprint density at radius 2 is 2.05 bits per heavy atom. The van der Waals surface area contributed by atoms with Crippen LogP contribution in [0.15, 0.2) is 24.3 Å². The molecule has 0 atom stereocenters. The van der Waals surface area contributed by atoms with E-state index in [2.05, 4.69) is 11.9 Å². The molecule has 2 rings (SSSR count). The number of nitrogens with zero attached hydrogens (tertiary/aromatic N) is 1. The quantitative estimate of drug-likeness (QED) is 0.813. The maximum Gasteiger partial charge on any atom is 0.121 e. The normalized spacial score (nSPS) is 11.1. The van der Waals surface area contributed by atoms with Crippen LogP contribution in [0.5, 0.6) is 5.75 Å². The van der Waals surface area contributed by atoms with Crippen molar-refractivity contribution in [3.63, 3.8) is 0 Å². The lowest BCUT2D eigenvalue weighted by Crippen LogP contribution is -2.06. The van der Waals surface area contributed by atoms with Crippen LogP contribution < -0.4 is 4.74 Å². The molecule has 0 spiro atoms. The first-order valence-corrected chi connectivity index (χ1v) is 7.17. The number of hydrogen-bond acceptors (Lipinski definition) is 3. The molecule has 0 unspecified atom stereocenters. The van der Waals surface area contributed by atoms with E-state index in [0.29, 0.717) is 5.71 Å². The lowest BCUT2D eigenvalue weighted by molar-refractivity contribution is 0.242. The average molecular weight is 270 g/mol. The molecule has 106 valence electrons. The second-order valence-corrected chi connectivity index (χ2v) is 5.39. The van der Waals surface area contributed by atoms with Crippen molar-refractivity contribution in [3.8, 4) is 5.75 Å². The van der Waals surface area contributed by atoms with E-state index in [9.17, 15) is 0 Å². The zero-order chi connectivity index (χ0) is 14.7. The lowest BCUT2D eigenvalue weighted by atomic mass is 10.0. The van der Waals surface area contributed by atoms with E-state index in [-0.39, 0.29) is 6.10 Å². The number of nitrogens with one attached hydrogen (secondary N) is 1. The number of pyridine rings is 1. The van der Waals surface area contributed by atoms with Gasteiger partial charge in [0.1, 0.15) is 5.75 Å². The van der Waals surface area contributed by atoms with Gasteiger partial charge in [-0.1, -0.05) is 13.3 Å². The SMILES string of the molecule is CCCC(=N)c1cc(C)nc2cc(OC(C)C)ccc12. The number of aromatic nitrogens is 1. The van der Waals surface area contributed by atoms with E-state index in [1.807, 2.05) is 45.0 Å². The van der Waals surface area contributed by atoms with Gasteiger partial charge in [0.05, 0.1) is 11.6 Å². The van der Waals surface area contributed by atoms with Crippen LogP contribution in [0.4, 0.5) is 0 Å². The summed E-state index contributed by atoms with van der Waals surface area (Å²) in [6, 6.07) is 7.94. The summed E-state index contributed by atoms with van der Waals surface area (Å²) in [5.74, 6) is 0.832. The molecule has 3 heteroatoms.